The first kappa shape index (κ1) is 17.9. The maximum atomic E-state index is 12.3. The van der Waals surface area contributed by atoms with Gasteiger partial charge in [-0.1, -0.05) is 68.4 Å². The number of rotatable bonds is 7. The molecule has 2 aromatic rings. The van der Waals surface area contributed by atoms with Crippen LogP contribution in [-0.4, -0.2) is 18.2 Å². The Morgan fingerprint density at radius 3 is 2.12 bits per heavy atom. The molecule has 0 radical (unpaired) electrons. The van der Waals surface area contributed by atoms with E-state index in [1.54, 1.807) is 12.1 Å². The van der Waals surface area contributed by atoms with E-state index in [0.717, 1.165) is 12.0 Å². The first-order valence-corrected chi connectivity index (χ1v) is 8.42. The van der Waals surface area contributed by atoms with Crippen molar-refractivity contribution in [1.82, 2.24) is 5.32 Å². The third-order valence-electron chi connectivity index (χ3n) is 4.04. The van der Waals surface area contributed by atoms with Crippen LogP contribution in [-0.2, 0) is 11.2 Å². The Morgan fingerprint density at radius 2 is 1.54 bits per heavy atom. The highest BCUT2D eigenvalue weighted by atomic mass is 16.2. The molecule has 1 unspecified atom stereocenters. The van der Waals surface area contributed by atoms with Crippen LogP contribution in [0.1, 0.15) is 48.2 Å². The number of hydrogen-bond acceptors (Lipinski definition) is 2. The number of amides is 1. The molecule has 0 aliphatic carbocycles. The van der Waals surface area contributed by atoms with E-state index in [4.69, 9.17) is 0 Å². The fourth-order valence-electron chi connectivity index (χ4n) is 2.61. The predicted octanol–water partition coefficient (Wildman–Crippen LogP) is 3.99. The van der Waals surface area contributed by atoms with Crippen LogP contribution >= 0.6 is 0 Å². The van der Waals surface area contributed by atoms with Crippen LogP contribution in [0.4, 0.5) is 0 Å². The lowest BCUT2D eigenvalue weighted by atomic mass is 9.96. The second kappa shape index (κ2) is 8.44. The third-order valence-corrected chi connectivity index (χ3v) is 4.04. The maximum absolute atomic E-state index is 12.3. The zero-order valence-electron chi connectivity index (χ0n) is 14.6. The van der Waals surface area contributed by atoms with Crippen molar-refractivity contribution in [2.24, 2.45) is 5.92 Å². The van der Waals surface area contributed by atoms with Crippen molar-refractivity contribution in [1.29, 1.82) is 0 Å². The van der Waals surface area contributed by atoms with E-state index in [2.05, 4.69) is 31.3 Å². The Hall–Kier alpha value is -2.42. The molecule has 0 spiro atoms. The standard InChI is InChI=1S/C21H25NO2/c1-15(2)13-17-9-11-18(12-10-17)16(3)21(24)22-14-20(23)19-7-5-4-6-8-19/h4-12,15-16H,13-14H2,1-3H3,(H,22,24). The summed E-state index contributed by atoms with van der Waals surface area (Å²) in [6.45, 7) is 6.26. The molecule has 0 aromatic heterocycles. The van der Waals surface area contributed by atoms with Gasteiger partial charge in [-0.15, -0.1) is 0 Å². The molecular formula is C21H25NO2. The second-order valence-electron chi connectivity index (χ2n) is 6.57. The largest absolute Gasteiger partial charge is 0.348 e. The summed E-state index contributed by atoms with van der Waals surface area (Å²) >= 11 is 0. The molecule has 2 rings (SSSR count). The van der Waals surface area contributed by atoms with Crippen LogP contribution < -0.4 is 5.32 Å². The molecule has 1 amide bonds. The molecule has 3 nitrogen and oxygen atoms in total. The number of nitrogens with one attached hydrogen (secondary N) is 1. The van der Waals surface area contributed by atoms with Crippen molar-refractivity contribution in [3.05, 3.63) is 71.3 Å². The summed E-state index contributed by atoms with van der Waals surface area (Å²) in [5.74, 6) is 0.126. The van der Waals surface area contributed by atoms with E-state index in [1.807, 2.05) is 37.3 Å². The van der Waals surface area contributed by atoms with E-state index >= 15 is 0 Å². The lowest BCUT2D eigenvalue weighted by Gasteiger charge is -2.13. The molecule has 0 saturated carbocycles. The zero-order valence-corrected chi connectivity index (χ0v) is 14.6. The van der Waals surface area contributed by atoms with Gasteiger partial charge in [-0.05, 0) is 30.4 Å². The van der Waals surface area contributed by atoms with E-state index in [1.165, 1.54) is 5.56 Å². The van der Waals surface area contributed by atoms with Crippen molar-refractivity contribution in [3.63, 3.8) is 0 Å². The van der Waals surface area contributed by atoms with Gasteiger partial charge in [0.05, 0.1) is 12.5 Å². The second-order valence-corrected chi connectivity index (χ2v) is 6.57. The number of carbonyl (C=O) groups excluding carboxylic acids is 2. The molecule has 0 aliphatic heterocycles. The molecule has 2 aromatic carbocycles. The molecule has 0 bridgehead atoms. The van der Waals surface area contributed by atoms with Crippen molar-refractivity contribution in [3.8, 4) is 0 Å². The van der Waals surface area contributed by atoms with Crippen molar-refractivity contribution >= 4 is 11.7 Å². The summed E-state index contributed by atoms with van der Waals surface area (Å²) in [5, 5.41) is 2.74. The normalized spacial score (nSPS) is 12.0. The molecule has 1 atom stereocenters. The summed E-state index contributed by atoms with van der Waals surface area (Å²) in [4.78, 5) is 24.3. The van der Waals surface area contributed by atoms with Crippen LogP contribution in [0.2, 0.25) is 0 Å². The molecule has 126 valence electrons. The van der Waals surface area contributed by atoms with Crippen molar-refractivity contribution in [2.75, 3.05) is 6.54 Å². The average molecular weight is 323 g/mol. The van der Waals surface area contributed by atoms with Gasteiger partial charge in [0.25, 0.3) is 0 Å². The van der Waals surface area contributed by atoms with E-state index in [-0.39, 0.29) is 24.2 Å². The Morgan fingerprint density at radius 1 is 0.917 bits per heavy atom. The van der Waals surface area contributed by atoms with Gasteiger partial charge < -0.3 is 5.32 Å². The fraction of sp³-hybridized carbons (Fsp3) is 0.333. The highest BCUT2D eigenvalue weighted by Crippen LogP contribution is 2.17. The smallest absolute Gasteiger partial charge is 0.227 e. The molecule has 0 aliphatic rings. The number of hydrogen-bond donors (Lipinski definition) is 1. The van der Waals surface area contributed by atoms with Gasteiger partial charge in [-0.3, -0.25) is 9.59 Å². The number of Topliss-reactive ketones (excluding diaryl/α,β-unsaturated/α-hetero) is 1. The highest BCUT2D eigenvalue weighted by molar-refractivity contribution is 5.99. The maximum Gasteiger partial charge on any atom is 0.227 e. The van der Waals surface area contributed by atoms with Crippen LogP contribution in [0.15, 0.2) is 54.6 Å². The Labute approximate surface area is 144 Å². The monoisotopic (exact) mass is 323 g/mol. The summed E-state index contributed by atoms with van der Waals surface area (Å²) in [6, 6.07) is 17.2. The number of benzene rings is 2. The summed E-state index contributed by atoms with van der Waals surface area (Å²) < 4.78 is 0. The molecule has 0 heterocycles. The first-order valence-electron chi connectivity index (χ1n) is 8.42. The lowest BCUT2D eigenvalue weighted by molar-refractivity contribution is -0.122. The molecule has 0 saturated heterocycles. The molecule has 3 heteroatoms. The minimum absolute atomic E-state index is 0.0264. The topological polar surface area (TPSA) is 46.2 Å². The Bertz CT molecular complexity index is 675. The lowest BCUT2D eigenvalue weighted by Crippen LogP contribution is -2.32. The Kier molecular flexibility index (Phi) is 6.30. The van der Waals surface area contributed by atoms with Crippen molar-refractivity contribution < 1.29 is 9.59 Å². The third kappa shape index (κ3) is 5.05. The van der Waals surface area contributed by atoms with E-state index in [9.17, 15) is 9.59 Å². The molecular weight excluding hydrogens is 298 g/mol. The van der Waals surface area contributed by atoms with E-state index in [0.29, 0.717) is 11.5 Å². The fourth-order valence-corrected chi connectivity index (χ4v) is 2.61. The van der Waals surface area contributed by atoms with Gasteiger partial charge in [0, 0.05) is 5.56 Å². The first-order chi connectivity index (χ1) is 11.5. The number of carbonyl (C=O) groups is 2. The zero-order chi connectivity index (χ0) is 17.5. The van der Waals surface area contributed by atoms with Crippen molar-refractivity contribution in [2.45, 2.75) is 33.1 Å². The predicted molar refractivity (Wildman–Crippen MR) is 97.2 cm³/mol. The average Bonchev–Trinajstić information content (AvgIpc) is 2.59. The minimum atomic E-state index is -0.276. The van der Waals surface area contributed by atoms with Crippen LogP contribution in [0.3, 0.4) is 0 Å². The van der Waals surface area contributed by atoms with E-state index < -0.39 is 0 Å². The summed E-state index contributed by atoms with van der Waals surface area (Å²) in [6.07, 6.45) is 1.03. The van der Waals surface area contributed by atoms with Gasteiger partial charge in [0.15, 0.2) is 5.78 Å². The van der Waals surface area contributed by atoms with Gasteiger partial charge in [-0.2, -0.15) is 0 Å². The van der Waals surface area contributed by atoms with Crippen LogP contribution in [0.25, 0.3) is 0 Å². The van der Waals surface area contributed by atoms with Gasteiger partial charge in [0.2, 0.25) is 5.91 Å². The minimum Gasteiger partial charge on any atom is -0.348 e. The van der Waals surface area contributed by atoms with Gasteiger partial charge in [-0.25, -0.2) is 0 Å². The quantitative estimate of drug-likeness (QED) is 0.783. The number of ketones is 1. The van der Waals surface area contributed by atoms with Crippen LogP contribution in [0.5, 0.6) is 0 Å². The summed E-state index contributed by atoms with van der Waals surface area (Å²) in [5.41, 5.74) is 2.86. The highest BCUT2D eigenvalue weighted by Gasteiger charge is 2.16. The Balaban J connectivity index is 1.91. The van der Waals surface area contributed by atoms with Crippen LogP contribution in [0, 0.1) is 5.92 Å². The van der Waals surface area contributed by atoms with Gasteiger partial charge in [0.1, 0.15) is 0 Å². The SMILES string of the molecule is CC(C)Cc1ccc(C(C)C(=O)NCC(=O)c2ccccc2)cc1. The molecule has 0 fully saturated rings. The van der Waals surface area contributed by atoms with Gasteiger partial charge >= 0.3 is 0 Å². The molecule has 24 heavy (non-hydrogen) atoms. The summed E-state index contributed by atoms with van der Waals surface area (Å²) in [7, 11) is 0. The molecule has 1 N–H and O–H groups in total.